The van der Waals surface area contributed by atoms with Gasteiger partial charge in [0.25, 0.3) is 0 Å². The summed E-state index contributed by atoms with van der Waals surface area (Å²) in [5.41, 5.74) is 1.75. The Labute approximate surface area is 115 Å². The lowest BCUT2D eigenvalue weighted by atomic mass is 9.62. The fourth-order valence-electron chi connectivity index (χ4n) is 3.02. The Hall–Kier alpha value is -1.35. The van der Waals surface area contributed by atoms with Gasteiger partial charge in [0.15, 0.2) is 0 Å². The summed E-state index contributed by atoms with van der Waals surface area (Å²) in [7, 11) is 1.85. The molecule has 0 aromatic heterocycles. The first-order chi connectivity index (χ1) is 9.01. The lowest BCUT2D eigenvalue weighted by Gasteiger charge is -2.44. The molecule has 1 unspecified atom stereocenters. The van der Waals surface area contributed by atoms with Gasteiger partial charge in [-0.05, 0) is 36.9 Å². The number of carboxylic acid groups (broad SMARTS) is 1. The molecule has 0 saturated heterocycles. The van der Waals surface area contributed by atoms with Crippen LogP contribution in [-0.4, -0.2) is 18.1 Å². The van der Waals surface area contributed by atoms with Crippen molar-refractivity contribution in [3.63, 3.8) is 0 Å². The van der Waals surface area contributed by atoms with E-state index in [-0.39, 0.29) is 6.04 Å². The van der Waals surface area contributed by atoms with Gasteiger partial charge in [0.1, 0.15) is 0 Å². The molecule has 3 heteroatoms. The minimum atomic E-state index is -0.675. The highest BCUT2D eigenvalue weighted by Crippen LogP contribution is 2.50. The molecule has 0 radical (unpaired) electrons. The Bertz CT molecular complexity index is 446. The summed E-state index contributed by atoms with van der Waals surface area (Å²) in [6.07, 6.45) is 2.54. The first-order valence-corrected chi connectivity index (χ1v) is 7.02. The molecule has 2 rings (SSSR count). The van der Waals surface area contributed by atoms with E-state index >= 15 is 0 Å². The predicted molar refractivity (Wildman–Crippen MR) is 76.3 cm³/mol. The Balaban J connectivity index is 2.29. The van der Waals surface area contributed by atoms with Crippen LogP contribution in [0.5, 0.6) is 0 Å². The van der Waals surface area contributed by atoms with Gasteiger partial charge in [0.05, 0.1) is 5.41 Å². The number of aliphatic carboxylic acids is 1. The summed E-state index contributed by atoms with van der Waals surface area (Å²) in [5, 5.41) is 12.8. The topological polar surface area (TPSA) is 49.3 Å². The molecule has 3 nitrogen and oxygen atoms in total. The van der Waals surface area contributed by atoms with E-state index in [0.29, 0.717) is 5.92 Å². The maximum Gasteiger partial charge on any atom is 0.311 e. The quantitative estimate of drug-likeness (QED) is 0.854. The van der Waals surface area contributed by atoms with Crippen molar-refractivity contribution in [2.45, 2.75) is 45.1 Å². The number of carbonyl (C=O) groups is 1. The van der Waals surface area contributed by atoms with Crippen molar-refractivity contribution in [1.82, 2.24) is 5.32 Å². The molecule has 0 amide bonds. The van der Waals surface area contributed by atoms with Crippen molar-refractivity contribution in [2.75, 3.05) is 7.05 Å². The highest BCUT2D eigenvalue weighted by molar-refractivity contribution is 5.77. The van der Waals surface area contributed by atoms with Crippen molar-refractivity contribution in [1.29, 1.82) is 0 Å². The van der Waals surface area contributed by atoms with Crippen LogP contribution >= 0.6 is 0 Å². The average Bonchev–Trinajstić information content (AvgIpc) is 2.33. The van der Waals surface area contributed by atoms with E-state index in [9.17, 15) is 9.90 Å². The summed E-state index contributed by atoms with van der Waals surface area (Å²) >= 11 is 0. The first kappa shape index (κ1) is 14.1. The second kappa shape index (κ2) is 5.33. The van der Waals surface area contributed by atoms with E-state index in [1.54, 1.807) is 0 Å². The van der Waals surface area contributed by atoms with E-state index in [0.717, 1.165) is 24.8 Å². The Kier molecular flexibility index (Phi) is 3.95. The Morgan fingerprint density at radius 3 is 2.05 bits per heavy atom. The van der Waals surface area contributed by atoms with Crippen molar-refractivity contribution in [3.8, 4) is 0 Å². The lowest BCUT2D eigenvalue weighted by Crippen LogP contribution is -2.47. The van der Waals surface area contributed by atoms with Gasteiger partial charge in [-0.2, -0.15) is 0 Å². The molecule has 1 aliphatic carbocycles. The van der Waals surface area contributed by atoms with Crippen LogP contribution in [0.15, 0.2) is 24.3 Å². The van der Waals surface area contributed by atoms with E-state index in [4.69, 9.17) is 0 Å². The van der Waals surface area contributed by atoms with Gasteiger partial charge in [-0.15, -0.1) is 0 Å². The third-order valence-corrected chi connectivity index (χ3v) is 4.45. The van der Waals surface area contributed by atoms with Gasteiger partial charge >= 0.3 is 5.97 Å². The normalized spacial score (nSPS) is 18.9. The Morgan fingerprint density at radius 1 is 1.21 bits per heavy atom. The second-order valence-corrected chi connectivity index (χ2v) is 5.86. The minimum absolute atomic E-state index is 0.0973. The smallest absolute Gasteiger partial charge is 0.311 e. The predicted octanol–water partition coefficient (Wildman–Crippen LogP) is 3.33. The Morgan fingerprint density at radius 2 is 1.74 bits per heavy atom. The van der Waals surface area contributed by atoms with Crippen LogP contribution in [0, 0.1) is 5.41 Å². The third kappa shape index (κ3) is 2.39. The monoisotopic (exact) mass is 261 g/mol. The van der Waals surface area contributed by atoms with Gasteiger partial charge < -0.3 is 10.4 Å². The number of benzene rings is 1. The molecule has 0 bridgehead atoms. The molecule has 19 heavy (non-hydrogen) atoms. The molecule has 104 valence electrons. The summed E-state index contributed by atoms with van der Waals surface area (Å²) in [6, 6.07) is 8.26. The zero-order valence-corrected chi connectivity index (χ0v) is 11.9. The molecule has 1 atom stereocenters. The number of carboxylic acids is 1. The molecule has 1 saturated carbocycles. The highest BCUT2D eigenvalue weighted by Gasteiger charge is 2.50. The SMILES string of the molecule is CNC(c1ccc(C(C)C)cc1)C1(C(=O)O)CCC1. The molecule has 1 aromatic carbocycles. The van der Waals surface area contributed by atoms with Crippen LogP contribution in [0.1, 0.15) is 56.2 Å². The zero-order valence-electron chi connectivity index (χ0n) is 11.9. The number of rotatable bonds is 5. The summed E-state index contributed by atoms with van der Waals surface area (Å²) in [6.45, 7) is 4.32. The fourth-order valence-corrected chi connectivity index (χ4v) is 3.02. The lowest BCUT2D eigenvalue weighted by molar-refractivity contribution is -0.157. The molecular weight excluding hydrogens is 238 g/mol. The van der Waals surface area contributed by atoms with Gasteiger partial charge in [0.2, 0.25) is 0 Å². The minimum Gasteiger partial charge on any atom is -0.481 e. The molecular formula is C16H23NO2. The molecule has 1 fully saturated rings. The number of hydrogen-bond donors (Lipinski definition) is 2. The van der Waals surface area contributed by atoms with Crippen LogP contribution in [0.25, 0.3) is 0 Å². The van der Waals surface area contributed by atoms with Gasteiger partial charge in [-0.1, -0.05) is 44.5 Å². The second-order valence-electron chi connectivity index (χ2n) is 5.86. The largest absolute Gasteiger partial charge is 0.481 e. The molecule has 0 spiro atoms. The van der Waals surface area contributed by atoms with Crippen molar-refractivity contribution in [3.05, 3.63) is 35.4 Å². The van der Waals surface area contributed by atoms with Crippen molar-refractivity contribution in [2.24, 2.45) is 5.41 Å². The van der Waals surface area contributed by atoms with Crippen LogP contribution in [0.4, 0.5) is 0 Å². The van der Waals surface area contributed by atoms with Crippen LogP contribution in [0.2, 0.25) is 0 Å². The van der Waals surface area contributed by atoms with Crippen LogP contribution in [0.3, 0.4) is 0 Å². The maximum absolute atomic E-state index is 11.6. The van der Waals surface area contributed by atoms with Gasteiger partial charge in [-0.3, -0.25) is 4.79 Å². The third-order valence-electron chi connectivity index (χ3n) is 4.45. The summed E-state index contributed by atoms with van der Waals surface area (Å²) in [4.78, 5) is 11.6. The van der Waals surface area contributed by atoms with Crippen molar-refractivity contribution >= 4 is 5.97 Å². The van der Waals surface area contributed by atoms with Gasteiger partial charge in [0, 0.05) is 6.04 Å². The molecule has 2 N–H and O–H groups in total. The first-order valence-electron chi connectivity index (χ1n) is 7.02. The van der Waals surface area contributed by atoms with E-state index in [1.807, 2.05) is 7.05 Å². The van der Waals surface area contributed by atoms with Gasteiger partial charge in [-0.25, -0.2) is 0 Å². The molecule has 0 heterocycles. The zero-order chi connectivity index (χ0) is 14.0. The maximum atomic E-state index is 11.6. The molecule has 1 aliphatic rings. The van der Waals surface area contributed by atoms with Crippen molar-refractivity contribution < 1.29 is 9.90 Å². The summed E-state index contributed by atoms with van der Waals surface area (Å²) in [5.74, 6) is -0.176. The highest BCUT2D eigenvalue weighted by atomic mass is 16.4. The average molecular weight is 261 g/mol. The summed E-state index contributed by atoms with van der Waals surface area (Å²) < 4.78 is 0. The van der Waals surface area contributed by atoms with Crippen LogP contribution in [-0.2, 0) is 4.79 Å². The van der Waals surface area contributed by atoms with E-state index in [1.165, 1.54) is 5.56 Å². The standard InChI is InChI=1S/C16H23NO2/c1-11(2)12-5-7-13(8-6-12)14(17-3)16(15(18)19)9-4-10-16/h5-8,11,14,17H,4,9-10H2,1-3H3,(H,18,19). The van der Waals surface area contributed by atoms with Crippen LogP contribution < -0.4 is 5.32 Å². The number of nitrogens with one attached hydrogen (secondary N) is 1. The van der Waals surface area contributed by atoms with E-state index < -0.39 is 11.4 Å². The van der Waals surface area contributed by atoms with E-state index in [2.05, 4.69) is 43.4 Å². The number of hydrogen-bond acceptors (Lipinski definition) is 2. The fraction of sp³-hybridized carbons (Fsp3) is 0.562. The molecule has 1 aromatic rings. The molecule has 0 aliphatic heterocycles.